The van der Waals surface area contributed by atoms with E-state index in [9.17, 15) is 14.4 Å². The lowest BCUT2D eigenvalue weighted by molar-refractivity contribution is -0.147. The quantitative estimate of drug-likeness (QED) is 0.786. The van der Waals surface area contributed by atoms with E-state index in [2.05, 4.69) is 10.1 Å². The predicted octanol–water partition coefficient (Wildman–Crippen LogP) is 1.05. The number of benzene rings is 1. The number of methoxy groups -OCH3 is 1. The molecule has 0 radical (unpaired) electrons. The molecule has 0 aliphatic carbocycles. The average molecular weight is 279 g/mol. The largest absolute Gasteiger partial charge is 0.480 e. The number of hydrogen-bond donors (Lipinski definition) is 2. The van der Waals surface area contributed by atoms with Crippen LogP contribution in [0, 0.1) is 13.8 Å². The maximum absolute atomic E-state index is 12.0. The number of esters is 1. The normalized spacial score (nSPS) is 11.6. The molecule has 1 atom stereocenters. The summed E-state index contributed by atoms with van der Waals surface area (Å²) in [6, 6.07) is 3.90. The first-order valence-corrected chi connectivity index (χ1v) is 6.03. The summed E-state index contributed by atoms with van der Waals surface area (Å²) in [6.45, 7) is 3.66. The molecule has 0 aliphatic heterocycles. The van der Waals surface area contributed by atoms with Crippen LogP contribution in [-0.2, 0) is 14.3 Å². The van der Waals surface area contributed by atoms with E-state index >= 15 is 0 Å². The number of rotatable bonds is 5. The molecule has 1 amide bonds. The zero-order chi connectivity index (χ0) is 15.3. The van der Waals surface area contributed by atoms with Gasteiger partial charge in [0.25, 0.3) is 5.91 Å². The number of hydrogen-bond acceptors (Lipinski definition) is 4. The smallest absolute Gasteiger partial charge is 0.326 e. The van der Waals surface area contributed by atoms with Crippen LogP contribution in [0.5, 0.6) is 0 Å². The SMILES string of the molecule is COC(=O)C[C@H](NC(=O)c1ccc(C)cc1C)C(=O)O. The van der Waals surface area contributed by atoms with Crippen molar-refractivity contribution < 1.29 is 24.2 Å². The highest BCUT2D eigenvalue weighted by Gasteiger charge is 2.24. The molecule has 6 nitrogen and oxygen atoms in total. The third-order valence-electron chi connectivity index (χ3n) is 2.83. The summed E-state index contributed by atoms with van der Waals surface area (Å²) in [7, 11) is 1.16. The first kappa shape index (κ1) is 15.7. The van der Waals surface area contributed by atoms with E-state index in [-0.39, 0.29) is 0 Å². The molecular weight excluding hydrogens is 262 g/mol. The Hall–Kier alpha value is -2.37. The van der Waals surface area contributed by atoms with Crippen LogP contribution in [0.15, 0.2) is 18.2 Å². The molecule has 108 valence electrons. The molecule has 0 unspecified atom stereocenters. The molecular formula is C14H17NO5. The van der Waals surface area contributed by atoms with Gasteiger partial charge in [0.2, 0.25) is 0 Å². The molecule has 0 spiro atoms. The first-order chi connectivity index (χ1) is 9.35. The molecule has 0 saturated carbocycles. The van der Waals surface area contributed by atoms with E-state index in [0.717, 1.165) is 18.2 Å². The topological polar surface area (TPSA) is 92.7 Å². The van der Waals surface area contributed by atoms with E-state index in [1.165, 1.54) is 0 Å². The van der Waals surface area contributed by atoms with Crippen LogP contribution in [0.25, 0.3) is 0 Å². The summed E-state index contributed by atoms with van der Waals surface area (Å²) in [5.41, 5.74) is 2.12. The van der Waals surface area contributed by atoms with Crippen molar-refractivity contribution >= 4 is 17.8 Å². The molecule has 1 rings (SSSR count). The molecule has 0 bridgehead atoms. The van der Waals surface area contributed by atoms with Gasteiger partial charge in [-0.1, -0.05) is 17.7 Å². The predicted molar refractivity (Wildman–Crippen MR) is 71.4 cm³/mol. The second kappa shape index (κ2) is 6.70. The second-order valence-electron chi connectivity index (χ2n) is 4.46. The summed E-state index contributed by atoms with van der Waals surface area (Å²) in [5, 5.41) is 11.3. The minimum atomic E-state index is -1.31. The van der Waals surface area contributed by atoms with Gasteiger partial charge in [-0.25, -0.2) is 4.79 Å². The fourth-order valence-corrected chi connectivity index (χ4v) is 1.75. The molecule has 0 saturated heterocycles. The third-order valence-corrected chi connectivity index (χ3v) is 2.83. The first-order valence-electron chi connectivity index (χ1n) is 6.03. The third kappa shape index (κ3) is 4.08. The Bertz CT molecular complexity index is 538. The van der Waals surface area contributed by atoms with Gasteiger partial charge < -0.3 is 15.2 Å². The van der Waals surface area contributed by atoms with Gasteiger partial charge in [-0.2, -0.15) is 0 Å². The summed E-state index contributed by atoms with van der Waals surface area (Å²) in [5.74, 6) is -2.51. The summed E-state index contributed by atoms with van der Waals surface area (Å²) in [6.07, 6.45) is -0.414. The highest BCUT2D eigenvalue weighted by molar-refractivity contribution is 5.98. The lowest BCUT2D eigenvalue weighted by atomic mass is 10.0. The van der Waals surface area contributed by atoms with Crippen molar-refractivity contribution in [2.45, 2.75) is 26.3 Å². The van der Waals surface area contributed by atoms with Gasteiger partial charge in [0.15, 0.2) is 0 Å². The van der Waals surface area contributed by atoms with Gasteiger partial charge in [0.1, 0.15) is 6.04 Å². The number of nitrogens with one attached hydrogen (secondary N) is 1. The molecule has 6 heteroatoms. The van der Waals surface area contributed by atoms with Crippen molar-refractivity contribution in [3.8, 4) is 0 Å². The van der Waals surface area contributed by atoms with Crippen molar-refractivity contribution in [1.29, 1.82) is 0 Å². The van der Waals surface area contributed by atoms with Gasteiger partial charge in [0.05, 0.1) is 13.5 Å². The van der Waals surface area contributed by atoms with E-state index < -0.39 is 30.3 Å². The fourth-order valence-electron chi connectivity index (χ4n) is 1.75. The lowest BCUT2D eigenvalue weighted by Gasteiger charge is -2.14. The van der Waals surface area contributed by atoms with Crippen molar-refractivity contribution in [3.05, 3.63) is 34.9 Å². The van der Waals surface area contributed by atoms with Crippen LogP contribution in [-0.4, -0.2) is 36.1 Å². The van der Waals surface area contributed by atoms with E-state index in [0.29, 0.717) is 5.56 Å². The van der Waals surface area contributed by atoms with E-state index in [4.69, 9.17) is 5.11 Å². The maximum atomic E-state index is 12.0. The molecule has 2 N–H and O–H groups in total. The van der Waals surface area contributed by atoms with Gasteiger partial charge in [0, 0.05) is 5.56 Å². The van der Waals surface area contributed by atoms with Crippen LogP contribution >= 0.6 is 0 Å². The van der Waals surface area contributed by atoms with Crippen LogP contribution in [0.4, 0.5) is 0 Å². The highest BCUT2D eigenvalue weighted by Crippen LogP contribution is 2.11. The Balaban J connectivity index is 2.85. The second-order valence-corrected chi connectivity index (χ2v) is 4.46. The Morgan fingerprint density at radius 2 is 1.95 bits per heavy atom. The number of carbonyl (C=O) groups is 3. The number of carboxylic acids is 1. The standard InChI is InChI=1S/C14H17NO5/c1-8-4-5-10(9(2)6-8)13(17)15-11(14(18)19)7-12(16)20-3/h4-6,11H,7H2,1-3H3,(H,15,17)(H,18,19)/t11-/m0/s1. The van der Waals surface area contributed by atoms with E-state index in [1.807, 2.05) is 13.0 Å². The molecule has 20 heavy (non-hydrogen) atoms. The minimum absolute atomic E-state index is 0.381. The number of aryl methyl sites for hydroxylation is 2. The number of amides is 1. The fraction of sp³-hybridized carbons (Fsp3) is 0.357. The number of ether oxygens (including phenoxy) is 1. The molecule has 0 aliphatic rings. The average Bonchev–Trinajstić information content (AvgIpc) is 2.37. The Labute approximate surface area is 116 Å². The van der Waals surface area contributed by atoms with Crippen molar-refractivity contribution in [3.63, 3.8) is 0 Å². The van der Waals surface area contributed by atoms with Crippen LogP contribution < -0.4 is 5.32 Å². The Morgan fingerprint density at radius 1 is 1.30 bits per heavy atom. The highest BCUT2D eigenvalue weighted by atomic mass is 16.5. The Morgan fingerprint density at radius 3 is 2.45 bits per heavy atom. The van der Waals surface area contributed by atoms with Crippen molar-refractivity contribution in [1.82, 2.24) is 5.32 Å². The molecule has 0 heterocycles. The number of aliphatic carboxylic acids is 1. The molecule has 0 fully saturated rings. The molecule has 1 aromatic rings. The van der Waals surface area contributed by atoms with Crippen LogP contribution in [0.3, 0.4) is 0 Å². The number of carbonyl (C=O) groups excluding carboxylic acids is 2. The van der Waals surface area contributed by atoms with Crippen LogP contribution in [0.2, 0.25) is 0 Å². The zero-order valence-corrected chi connectivity index (χ0v) is 11.6. The van der Waals surface area contributed by atoms with E-state index in [1.54, 1.807) is 19.1 Å². The Kier molecular flexibility index (Phi) is 5.25. The van der Waals surface area contributed by atoms with Gasteiger partial charge in [-0.15, -0.1) is 0 Å². The minimum Gasteiger partial charge on any atom is -0.480 e. The summed E-state index contributed by atoms with van der Waals surface area (Å²) in [4.78, 5) is 34.2. The van der Waals surface area contributed by atoms with Crippen LogP contribution in [0.1, 0.15) is 27.9 Å². The van der Waals surface area contributed by atoms with Gasteiger partial charge in [-0.05, 0) is 25.5 Å². The van der Waals surface area contributed by atoms with Crippen molar-refractivity contribution in [2.75, 3.05) is 7.11 Å². The molecule has 1 aromatic carbocycles. The summed E-state index contributed by atoms with van der Waals surface area (Å²) >= 11 is 0. The molecule has 0 aromatic heterocycles. The lowest BCUT2D eigenvalue weighted by Crippen LogP contribution is -2.42. The maximum Gasteiger partial charge on any atom is 0.326 e. The zero-order valence-electron chi connectivity index (χ0n) is 11.6. The number of carboxylic acid groups (broad SMARTS) is 1. The van der Waals surface area contributed by atoms with Gasteiger partial charge >= 0.3 is 11.9 Å². The summed E-state index contributed by atoms with van der Waals surface area (Å²) < 4.78 is 4.40. The van der Waals surface area contributed by atoms with Crippen molar-refractivity contribution in [2.24, 2.45) is 0 Å². The van der Waals surface area contributed by atoms with Gasteiger partial charge in [-0.3, -0.25) is 9.59 Å². The monoisotopic (exact) mass is 279 g/mol.